The van der Waals surface area contributed by atoms with Gasteiger partial charge in [-0.1, -0.05) is 12.1 Å². The lowest BCUT2D eigenvalue weighted by molar-refractivity contribution is 0.544. The number of aryl methyl sites for hydroxylation is 1. The highest BCUT2D eigenvalue weighted by atomic mass is 32.2. The van der Waals surface area contributed by atoms with Crippen molar-refractivity contribution >= 4 is 17.8 Å². The van der Waals surface area contributed by atoms with E-state index in [4.69, 9.17) is 4.42 Å². The van der Waals surface area contributed by atoms with Crippen molar-refractivity contribution in [1.82, 2.24) is 4.98 Å². The Morgan fingerprint density at radius 3 is 2.44 bits per heavy atom. The number of hydrogen-bond acceptors (Lipinski definition) is 4. The molecule has 1 N–H and O–H groups in total. The lowest BCUT2D eigenvalue weighted by Gasteiger charge is -1.99. The number of rotatable bonds is 3. The maximum absolute atomic E-state index is 5.45. The first kappa shape index (κ1) is 11.1. The lowest BCUT2D eigenvalue weighted by Crippen LogP contribution is -1.86. The molecule has 0 radical (unpaired) electrons. The molecule has 0 fully saturated rings. The van der Waals surface area contributed by atoms with Crippen molar-refractivity contribution in [3.63, 3.8) is 0 Å². The topological polar surface area (TPSA) is 38.1 Å². The van der Waals surface area contributed by atoms with E-state index < -0.39 is 0 Å². The van der Waals surface area contributed by atoms with Crippen LogP contribution >= 0.6 is 11.8 Å². The number of benzene rings is 1. The molecule has 0 aliphatic carbocycles. The van der Waals surface area contributed by atoms with Crippen LogP contribution in [0.1, 0.15) is 5.76 Å². The molecule has 0 aliphatic heterocycles. The minimum atomic E-state index is 0.557. The Hall–Kier alpha value is -1.42. The third kappa shape index (κ3) is 2.07. The molecule has 0 atom stereocenters. The van der Waals surface area contributed by atoms with E-state index in [1.807, 2.05) is 6.92 Å². The van der Waals surface area contributed by atoms with Gasteiger partial charge in [0.1, 0.15) is 11.5 Å². The molecule has 16 heavy (non-hydrogen) atoms. The Bertz CT molecular complexity index is 476. The van der Waals surface area contributed by atoms with Gasteiger partial charge in [-0.2, -0.15) is 4.98 Å². The molecule has 1 heterocycles. The molecule has 0 spiro atoms. The molecule has 2 aromatic rings. The smallest absolute Gasteiger partial charge is 0.295 e. The zero-order valence-corrected chi connectivity index (χ0v) is 10.4. The van der Waals surface area contributed by atoms with Crippen LogP contribution in [0.4, 0.5) is 6.01 Å². The van der Waals surface area contributed by atoms with Crippen LogP contribution in [0.25, 0.3) is 11.3 Å². The number of thioether (sulfide) groups is 1. The Balaban J connectivity index is 2.38. The molecule has 2 rings (SSSR count). The number of aromatic nitrogens is 1. The Morgan fingerprint density at radius 2 is 1.94 bits per heavy atom. The summed E-state index contributed by atoms with van der Waals surface area (Å²) in [4.78, 5) is 5.62. The zero-order valence-electron chi connectivity index (χ0n) is 9.57. The van der Waals surface area contributed by atoms with Crippen LogP contribution in [-0.4, -0.2) is 18.3 Å². The predicted octanol–water partition coefficient (Wildman–Crippen LogP) is 3.41. The maximum Gasteiger partial charge on any atom is 0.295 e. The van der Waals surface area contributed by atoms with E-state index >= 15 is 0 Å². The monoisotopic (exact) mass is 234 g/mol. The second-order valence-electron chi connectivity index (χ2n) is 3.40. The fraction of sp³-hybridized carbons (Fsp3) is 0.250. The van der Waals surface area contributed by atoms with E-state index in [-0.39, 0.29) is 0 Å². The number of hydrogen-bond donors (Lipinski definition) is 1. The molecule has 0 amide bonds. The zero-order chi connectivity index (χ0) is 11.5. The van der Waals surface area contributed by atoms with Crippen molar-refractivity contribution in [3.05, 3.63) is 30.0 Å². The first-order chi connectivity index (χ1) is 7.74. The minimum Gasteiger partial charge on any atom is -0.428 e. The van der Waals surface area contributed by atoms with Gasteiger partial charge < -0.3 is 9.73 Å². The van der Waals surface area contributed by atoms with E-state index in [0.29, 0.717) is 6.01 Å². The third-order valence-electron chi connectivity index (χ3n) is 2.37. The number of nitrogens with one attached hydrogen (secondary N) is 1. The largest absolute Gasteiger partial charge is 0.428 e. The van der Waals surface area contributed by atoms with Crippen LogP contribution < -0.4 is 5.32 Å². The van der Waals surface area contributed by atoms with Crippen molar-refractivity contribution in [1.29, 1.82) is 0 Å². The second kappa shape index (κ2) is 4.61. The molecule has 0 saturated heterocycles. The Morgan fingerprint density at radius 1 is 1.25 bits per heavy atom. The molecule has 0 unspecified atom stereocenters. The normalized spacial score (nSPS) is 10.4. The van der Waals surface area contributed by atoms with Crippen molar-refractivity contribution in [3.8, 4) is 11.3 Å². The summed E-state index contributed by atoms with van der Waals surface area (Å²) in [6.07, 6.45) is 2.06. The molecule has 4 heteroatoms. The van der Waals surface area contributed by atoms with Crippen molar-refractivity contribution < 1.29 is 4.42 Å². The summed E-state index contributed by atoms with van der Waals surface area (Å²) >= 11 is 1.73. The van der Waals surface area contributed by atoms with E-state index in [1.165, 1.54) is 4.90 Å². The quantitative estimate of drug-likeness (QED) is 0.826. The van der Waals surface area contributed by atoms with Crippen LogP contribution in [0.5, 0.6) is 0 Å². The second-order valence-corrected chi connectivity index (χ2v) is 4.28. The predicted molar refractivity (Wildman–Crippen MR) is 68.0 cm³/mol. The fourth-order valence-electron chi connectivity index (χ4n) is 1.52. The number of anilines is 1. The van der Waals surface area contributed by atoms with Gasteiger partial charge in [0.25, 0.3) is 6.01 Å². The van der Waals surface area contributed by atoms with E-state index in [0.717, 1.165) is 17.0 Å². The third-order valence-corrected chi connectivity index (χ3v) is 3.12. The fourth-order valence-corrected chi connectivity index (χ4v) is 1.93. The van der Waals surface area contributed by atoms with Gasteiger partial charge in [-0.25, -0.2) is 0 Å². The molecule has 1 aromatic heterocycles. The highest BCUT2D eigenvalue weighted by Crippen LogP contribution is 2.27. The van der Waals surface area contributed by atoms with Crippen LogP contribution in [-0.2, 0) is 0 Å². The standard InChI is InChI=1S/C12H14N2OS/c1-8-11(14-12(13-2)15-8)9-4-6-10(16-3)7-5-9/h4-7H,1-3H3,(H,13,14). The molecular weight excluding hydrogens is 220 g/mol. The van der Waals surface area contributed by atoms with Gasteiger partial charge >= 0.3 is 0 Å². The van der Waals surface area contributed by atoms with Gasteiger partial charge in [0.05, 0.1) is 0 Å². The summed E-state index contributed by atoms with van der Waals surface area (Å²) in [5, 5.41) is 2.90. The van der Waals surface area contributed by atoms with Crippen LogP contribution in [0, 0.1) is 6.92 Å². The molecule has 0 aliphatic rings. The molecular formula is C12H14N2OS. The maximum atomic E-state index is 5.45. The van der Waals surface area contributed by atoms with Gasteiger partial charge in [0, 0.05) is 17.5 Å². The van der Waals surface area contributed by atoms with Crippen molar-refractivity contribution in [2.75, 3.05) is 18.6 Å². The Labute approximate surface area is 99.3 Å². The highest BCUT2D eigenvalue weighted by molar-refractivity contribution is 7.98. The highest BCUT2D eigenvalue weighted by Gasteiger charge is 2.10. The molecule has 0 saturated carbocycles. The van der Waals surface area contributed by atoms with Gasteiger partial charge in [-0.3, -0.25) is 0 Å². The summed E-state index contributed by atoms with van der Waals surface area (Å²) in [5.41, 5.74) is 1.98. The molecule has 0 bridgehead atoms. The molecule has 84 valence electrons. The molecule has 1 aromatic carbocycles. The summed E-state index contributed by atoms with van der Waals surface area (Å²) < 4.78 is 5.45. The Kier molecular flexibility index (Phi) is 3.19. The summed E-state index contributed by atoms with van der Waals surface area (Å²) in [6, 6.07) is 8.87. The summed E-state index contributed by atoms with van der Waals surface area (Å²) in [5.74, 6) is 0.834. The number of oxazole rings is 1. The van der Waals surface area contributed by atoms with Crippen molar-refractivity contribution in [2.45, 2.75) is 11.8 Å². The summed E-state index contributed by atoms with van der Waals surface area (Å²) in [7, 11) is 1.80. The number of nitrogens with zero attached hydrogens (tertiary/aromatic N) is 1. The first-order valence-corrected chi connectivity index (χ1v) is 6.26. The van der Waals surface area contributed by atoms with Crippen LogP contribution in [0.15, 0.2) is 33.6 Å². The van der Waals surface area contributed by atoms with Crippen molar-refractivity contribution in [2.24, 2.45) is 0 Å². The van der Waals surface area contributed by atoms with Crippen LogP contribution in [0.3, 0.4) is 0 Å². The van der Waals surface area contributed by atoms with Gasteiger partial charge in [-0.15, -0.1) is 11.8 Å². The summed E-state index contributed by atoms with van der Waals surface area (Å²) in [6.45, 7) is 1.92. The van der Waals surface area contributed by atoms with Gasteiger partial charge in [0.2, 0.25) is 0 Å². The van der Waals surface area contributed by atoms with Gasteiger partial charge in [0.15, 0.2) is 0 Å². The SMILES string of the molecule is CNc1nc(-c2ccc(SC)cc2)c(C)o1. The average molecular weight is 234 g/mol. The first-order valence-electron chi connectivity index (χ1n) is 5.04. The van der Waals surface area contributed by atoms with E-state index in [9.17, 15) is 0 Å². The van der Waals surface area contributed by atoms with Crippen LogP contribution in [0.2, 0.25) is 0 Å². The minimum absolute atomic E-state index is 0.557. The molecule has 3 nitrogen and oxygen atoms in total. The lowest BCUT2D eigenvalue weighted by atomic mass is 10.1. The van der Waals surface area contributed by atoms with E-state index in [1.54, 1.807) is 18.8 Å². The average Bonchev–Trinajstić information content (AvgIpc) is 2.71. The van der Waals surface area contributed by atoms with Gasteiger partial charge in [-0.05, 0) is 25.3 Å². The van der Waals surface area contributed by atoms with E-state index in [2.05, 4.69) is 40.8 Å².